The molecule has 0 unspecified atom stereocenters. The van der Waals surface area contributed by atoms with E-state index < -0.39 is 0 Å². The molecule has 17 heavy (non-hydrogen) atoms. The minimum Gasteiger partial charge on any atom is -0.348 e. The molecule has 1 amide bonds. The Morgan fingerprint density at radius 3 is 3.12 bits per heavy atom. The second-order valence-electron chi connectivity index (χ2n) is 3.95. The molecule has 1 atom stereocenters. The molecule has 2 aromatic heterocycles. The average Bonchev–Trinajstić information content (AvgIpc) is 2.70. The van der Waals surface area contributed by atoms with Crippen molar-refractivity contribution < 1.29 is 9.32 Å². The Balaban J connectivity index is 2.29. The van der Waals surface area contributed by atoms with Crippen LogP contribution < -0.4 is 11.1 Å². The van der Waals surface area contributed by atoms with Gasteiger partial charge < -0.3 is 15.6 Å². The highest BCUT2D eigenvalue weighted by Gasteiger charge is 2.12. The third-order valence-electron chi connectivity index (χ3n) is 2.50. The van der Waals surface area contributed by atoms with Gasteiger partial charge in [-0.1, -0.05) is 5.16 Å². The van der Waals surface area contributed by atoms with Gasteiger partial charge in [0, 0.05) is 18.8 Å². The number of hydrogen-bond acceptors (Lipinski definition) is 5. The molecule has 0 aliphatic heterocycles. The van der Waals surface area contributed by atoms with Gasteiger partial charge in [0.05, 0.1) is 16.6 Å². The van der Waals surface area contributed by atoms with Crippen molar-refractivity contribution in [3.8, 4) is 0 Å². The molecular formula is C11H14N4O2. The van der Waals surface area contributed by atoms with Crippen LogP contribution in [0.3, 0.4) is 0 Å². The van der Waals surface area contributed by atoms with Crippen LogP contribution in [0.4, 0.5) is 0 Å². The number of amides is 1. The van der Waals surface area contributed by atoms with Crippen molar-refractivity contribution in [1.82, 2.24) is 15.5 Å². The van der Waals surface area contributed by atoms with Gasteiger partial charge in [-0.2, -0.15) is 0 Å². The van der Waals surface area contributed by atoms with Crippen molar-refractivity contribution in [2.75, 3.05) is 6.54 Å². The number of nitrogens with two attached hydrogens (primary N) is 1. The second-order valence-corrected chi connectivity index (χ2v) is 3.95. The van der Waals surface area contributed by atoms with Gasteiger partial charge in [0.2, 0.25) is 0 Å². The van der Waals surface area contributed by atoms with Crippen LogP contribution in [0.2, 0.25) is 0 Å². The van der Waals surface area contributed by atoms with Crippen LogP contribution in [0.25, 0.3) is 11.1 Å². The van der Waals surface area contributed by atoms with E-state index in [1.807, 2.05) is 6.92 Å². The summed E-state index contributed by atoms with van der Waals surface area (Å²) in [7, 11) is 0. The Bertz CT molecular complexity index is 549. The van der Waals surface area contributed by atoms with E-state index in [-0.39, 0.29) is 11.9 Å². The lowest BCUT2D eigenvalue weighted by Crippen LogP contribution is -2.37. The van der Waals surface area contributed by atoms with E-state index in [0.29, 0.717) is 23.5 Å². The van der Waals surface area contributed by atoms with E-state index in [1.54, 1.807) is 13.0 Å². The molecule has 6 heteroatoms. The Morgan fingerprint density at radius 1 is 1.65 bits per heavy atom. The van der Waals surface area contributed by atoms with Gasteiger partial charge in [-0.15, -0.1) is 0 Å². The van der Waals surface area contributed by atoms with E-state index in [2.05, 4.69) is 15.5 Å². The highest BCUT2D eigenvalue weighted by molar-refractivity contribution is 5.97. The quantitative estimate of drug-likeness (QED) is 0.811. The summed E-state index contributed by atoms with van der Waals surface area (Å²) in [4.78, 5) is 15.9. The van der Waals surface area contributed by atoms with Crippen molar-refractivity contribution in [2.24, 2.45) is 5.73 Å². The average molecular weight is 234 g/mol. The molecule has 6 nitrogen and oxygen atoms in total. The molecule has 2 rings (SSSR count). The van der Waals surface area contributed by atoms with E-state index >= 15 is 0 Å². The van der Waals surface area contributed by atoms with E-state index in [9.17, 15) is 4.79 Å². The number of fused-ring (bicyclic) bond motifs is 1. The van der Waals surface area contributed by atoms with Gasteiger partial charge in [-0.3, -0.25) is 4.79 Å². The van der Waals surface area contributed by atoms with Gasteiger partial charge in [-0.25, -0.2) is 4.98 Å². The molecule has 0 saturated carbocycles. The number of nitrogens with one attached hydrogen (secondary N) is 1. The zero-order valence-electron chi connectivity index (χ0n) is 9.73. The monoisotopic (exact) mass is 234 g/mol. The fourth-order valence-corrected chi connectivity index (χ4v) is 1.44. The standard InChI is InChI=1S/C11H14N4O2/c1-6(4-12)14-10(16)8-3-9-7(2)15-17-11(9)13-5-8/h3,5-6H,4,12H2,1-2H3,(H,14,16)/t6-/m0/s1. The molecule has 0 saturated heterocycles. The highest BCUT2D eigenvalue weighted by Crippen LogP contribution is 2.16. The predicted molar refractivity (Wildman–Crippen MR) is 62.5 cm³/mol. The van der Waals surface area contributed by atoms with Crippen molar-refractivity contribution in [1.29, 1.82) is 0 Å². The lowest BCUT2D eigenvalue weighted by Gasteiger charge is -2.10. The number of nitrogens with zero attached hydrogens (tertiary/aromatic N) is 2. The fourth-order valence-electron chi connectivity index (χ4n) is 1.44. The number of carbonyl (C=O) groups excluding carboxylic acids is 1. The zero-order valence-corrected chi connectivity index (χ0v) is 9.73. The Kier molecular flexibility index (Phi) is 3.06. The summed E-state index contributed by atoms with van der Waals surface area (Å²) in [5.41, 5.74) is 7.07. The van der Waals surface area contributed by atoms with Crippen LogP contribution in [0.1, 0.15) is 23.0 Å². The first kappa shape index (κ1) is 11.5. The van der Waals surface area contributed by atoms with Gasteiger partial charge in [0.1, 0.15) is 0 Å². The van der Waals surface area contributed by atoms with Gasteiger partial charge >= 0.3 is 0 Å². The fraction of sp³-hybridized carbons (Fsp3) is 0.364. The van der Waals surface area contributed by atoms with Crippen LogP contribution in [-0.2, 0) is 0 Å². The summed E-state index contributed by atoms with van der Waals surface area (Å²) in [5.74, 6) is -0.196. The first-order valence-electron chi connectivity index (χ1n) is 5.34. The van der Waals surface area contributed by atoms with Gasteiger partial charge in [-0.05, 0) is 19.9 Å². The molecule has 0 aliphatic carbocycles. The van der Waals surface area contributed by atoms with E-state index in [0.717, 1.165) is 5.39 Å². The van der Waals surface area contributed by atoms with Crippen LogP contribution in [-0.4, -0.2) is 28.6 Å². The maximum atomic E-state index is 11.8. The lowest BCUT2D eigenvalue weighted by atomic mass is 10.2. The van der Waals surface area contributed by atoms with Gasteiger partial charge in [0.15, 0.2) is 0 Å². The predicted octanol–water partition coefficient (Wildman–Crippen LogP) is 0.608. The maximum Gasteiger partial charge on any atom is 0.257 e. The summed E-state index contributed by atoms with van der Waals surface area (Å²) in [6.45, 7) is 4.04. The van der Waals surface area contributed by atoms with E-state index in [1.165, 1.54) is 6.20 Å². The number of pyridine rings is 1. The smallest absolute Gasteiger partial charge is 0.257 e. The van der Waals surface area contributed by atoms with Crippen molar-refractivity contribution >= 4 is 17.0 Å². The van der Waals surface area contributed by atoms with Crippen molar-refractivity contribution in [3.63, 3.8) is 0 Å². The molecule has 3 N–H and O–H groups in total. The minimum absolute atomic E-state index is 0.0678. The molecule has 0 aliphatic rings. The number of rotatable bonds is 3. The Labute approximate surface area is 98.2 Å². The molecule has 0 aromatic carbocycles. The number of aryl methyl sites for hydroxylation is 1. The summed E-state index contributed by atoms with van der Waals surface area (Å²) < 4.78 is 4.97. The number of hydrogen-bond donors (Lipinski definition) is 2. The minimum atomic E-state index is -0.196. The number of carbonyl (C=O) groups is 1. The number of aromatic nitrogens is 2. The third-order valence-corrected chi connectivity index (χ3v) is 2.50. The molecular weight excluding hydrogens is 220 g/mol. The van der Waals surface area contributed by atoms with Crippen LogP contribution >= 0.6 is 0 Å². The maximum absolute atomic E-state index is 11.8. The molecule has 2 heterocycles. The molecule has 0 fully saturated rings. The Morgan fingerprint density at radius 2 is 2.41 bits per heavy atom. The van der Waals surface area contributed by atoms with Crippen LogP contribution in [0.5, 0.6) is 0 Å². The Hall–Kier alpha value is -1.95. The van der Waals surface area contributed by atoms with Crippen LogP contribution in [0.15, 0.2) is 16.8 Å². The second kappa shape index (κ2) is 4.50. The summed E-state index contributed by atoms with van der Waals surface area (Å²) >= 11 is 0. The molecule has 90 valence electrons. The lowest BCUT2D eigenvalue weighted by molar-refractivity contribution is 0.0941. The van der Waals surface area contributed by atoms with Gasteiger partial charge in [0.25, 0.3) is 11.6 Å². The first-order valence-corrected chi connectivity index (χ1v) is 5.34. The van der Waals surface area contributed by atoms with Crippen LogP contribution in [0, 0.1) is 6.92 Å². The summed E-state index contributed by atoms with van der Waals surface area (Å²) in [6, 6.07) is 1.65. The van der Waals surface area contributed by atoms with Crippen molar-refractivity contribution in [3.05, 3.63) is 23.5 Å². The summed E-state index contributed by atoms with van der Waals surface area (Å²) in [5, 5.41) is 7.30. The largest absolute Gasteiger partial charge is 0.348 e. The van der Waals surface area contributed by atoms with E-state index in [4.69, 9.17) is 10.3 Å². The topological polar surface area (TPSA) is 94.0 Å². The molecule has 2 aromatic rings. The first-order chi connectivity index (χ1) is 8.11. The highest BCUT2D eigenvalue weighted by atomic mass is 16.5. The zero-order chi connectivity index (χ0) is 12.4. The molecule has 0 radical (unpaired) electrons. The SMILES string of the molecule is Cc1noc2ncc(C(=O)N[C@@H](C)CN)cc12. The normalized spacial score (nSPS) is 12.6. The van der Waals surface area contributed by atoms with Crippen molar-refractivity contribution in [2.45, 2.75) is 19.9 Å². The third kappa shape index (κ3) is 2.26. The molecule has 0 bridgehead atoms. The summed E-state index contributed by atoms with van der Waals surface area (Å²) in [6.07, 6.45) is 1.46. The molecule has 0 spiro atoms.